The first kappa shape index (κ1) is 52.6. The second-order valence-corrected chi connectivity index (χ2v) is 23.5. The molecule has 4 atom stereocenters. The van der Waals surface area contributed by atoms with E-state index in [1.54, 1.807) is 6.92 Å². The number of carbonyl (C=O) groups excluding carboxylic acids is 3. The molecule has 6 N–H and O–H groups in total. The van der Waals surface area contributed by atoms with Crippen LogP contribution in [0.4, 0.5) is 18.0 Å². The third-order valence-electron chi connectivity index (χ3n) is 10.0. The fourth-order valence-electron chi connectivity index (χ4n) is 6.46. The van der Waals surface area contributed by atoms with Gasteiger partial charge in [0.25, 0.3) is 10.2 Å². The molecule has 2 aromatic carbocycles. The molecular formula is C38H40F3N3O20P4. The van der Waals surface area contributed by atoms with Crippen LogP contribution in [0.2, 0.25) is 0 Å². The predicted octanol–water partition coefficient (Wildman–Crippen LogP) is 5.99. The van der Waals surface area contributed by atoms with Gasteiger partial charge in [-0.25, -0.2) is 22.9 Å². The van der Waals surface area contributed by atoms with Crippen molar-refractivity contribution in [1.82, 2.24) is 14.9 Å². The minimum atomic E-state index is -5.49. The van der Waals surface area contributed by atoms with Crippen molar-refractivity contribution in [2.75, 3.05) is 13.3 Å². The summed E-state index contributed by atoms with van der Waals surface area (Å²) >= 11 is 0. The van der Waals surface area contributed by atoms with Crippen LogP contribution in [-0.2, 0) is 63.5 Å². The summed E-state index contributed by atoms with van der Waals surface area (Å²) in [7, 11) is -21.5. The highest BCUT2D eigenvalue weighted by Crippen LogP contribution is 2.80. The lowest BCUT2D eigenvalue weighted by atomic mass is 10.2. The lowest BCUT2D eigenvalue weighted by molar-refractivity contribution is -0.150. The first-order chi connectivity index (χ1) is 31.8. The summed E-state index contributed by atoms with van der Waals surface area (Å²) in [6.45, 7) is 1.40. The highest BCUT2D eigenvalue weighted by atomic mass is 31.2. The average Bonchev–Trinajstić information content (AvgIpc) is 3.68. The Labute approximate surface area is 382 Å². The number of hydrogen-bond donors (Lipinski definition) is 6. The Morgan fingerprint density at radius 1 is 0.765 bits per heavy atom. The number of pyridine rings is 2. The second kappa shape index (κ2) is 20.7. The van der Waals surface area contributed by atoms with E-state index in [2.05, 4.69) is 9.97 Å². The number of amides is 2. The summed E-state index contributed by atoms with van der Waals surface area (Å²) in [6, 6.07) is 9.68. The molecule has 368 valence electrons. The predicted molar refractivity (Wildman–Crippen MR) is 221 cm³/mol. The molecule has 0 aliphatic carbocycles. The highest BCUT2D eigenvalue weighted by Gasteiger charge is 2.68. The van der Waals surface area contributed by atoms with Gasteiger partial charge in [0.1, 0.15) is 29.0 Å². The van der Waals surface area contributed by atoms with Crippen LogP contribution in [0, 0.1) is 17.5 Å². The molecular weight excluding hydrogens is 999 g/mol. The van der Waals surface area contributed by atoms with Gasteiger partial charge in [0, 0.05) is 80.8 Å². The van der Waals surface area contributed by atoms with Gasteiger partial charge >= 0.3 is 42.4 Å². The van der Waals surface area contributed by atoms with Gasteiger partial charge in [-0.05, 0) is 48.2 Å². The molecule has 4 aromatic rings. The van der Waals surface area contributed by atoms with Crippen molar-refractivity contribution in [2.24, 2.45) is 0 Å². The summed E-state index contributed by atoms with van der Waals surface area (Å²) in [5.74, 6) is -5.83. The molecule has 0 spiro atoms. The fraction of sp³-hybridized carbons (Fsp3) is 0.342. The molecule has 2 amide bonds. The van der Waals surface area contributed by atoms with E-state index < -0.39 is 125 Å². The van der Waals surface area contributed by atoms with E-state index in [0.29, 0.717) is 25.0 Å². The molecule has 3 fully saturated rings. The van der Waals surface area contributed by atoms with E-state index in [1.165, 1.54) is 48.9 Å². The maximum absolute atomic E-state index is 14.8. The standard InChI is InChI=1S/C19H18F2N2O10P2.C19H22FNO10P2/c20-13-7-12(31-18(25)23-6-2-4-15(23)24)8-14(21)16(13)17-32-34(27,28)19(26,35(29,30)33-17)9-11-3-1-5-22-10-11;1-2-4-17(22)29-12-28-14-6-7-15(16(20)9-14)18-30-32(24,25)19(23,33(26,27)31-18)10-13-5-3-8-21-11-13/h1,3,5,7-8,10,17,26H,2,4,6,9H2,(H,27,28)(H,29,30);3,5-9,11,18,23H,2,4,10,12H2,1H3,(H,24,25)(H,26,27). The molecule has 23 nitrogen and oxygen atoms in total. The minimum absolute atomic E-state index is 0.0520. The molecule has 5 heterocycles. The minimum Gasteiger partial charge on any atom is -0.457 e. The molecule has 68 heavy (non-hydrogen) atoms. The molecule has 3 aliphatic rings. The lowest BCUT2D eigenvalue weighted by Gasteiger charge is -2.41. The van der Waals surface area contributed by atoms with Crippen molar-refractivity contribution in [3.63, 3.8) is 0 Å². The summed E-state index contributed by atoms with van der Waals surface area (Å²) < 4.78 is 129. The second-order valence-electron chi connectivity index (χ2n) is 14.8. The summed E-state index contributed by atoms with van der Waals surface area (Å²) in [5, 5.41) is 14.8. The van der Waals surface area contributed by atoms with E-state index in [-0.39, 0.29) is 36.3 Å². The molecule has 4 unspecified atom stereocenters. The first-order valence-corrected chi connectivity index (χ1v) is 26.0. The molecule has 0 saturated carbocycles. The van der Waals surface area contributed by atoms with Gasteiger partial charge < -0.3 is 44.0 Å². The van der Waals surface area contributed by atoms with Crippen molar-refractivity contribution in [2.45, 2.75) is 68.2 Å². The largest absolute Gasteiger partial charge is 0.457 e. The smallest absolute Gasteiger partial charge is 0.421 e. The van der Waals surface area contributed by atoms with Crippen LogP contribution in [0.3, 0.4) is 0 Å². The summed E-state index contributed by atoms with van der Waals surface area (Å²) in [5.41, 5.74) is -1.43. The zero-order valence-corrected chi connectivity index (χ0v) is 38.6. The zero-order chi connectivity index (χ0) is 49.9. The molecule has 30 heteroatoms. The maximum atomic E-state index is 14.8. The van der Waals surface area contributed by atoms with Crippen molar-refractivity contribution >= 4 is 48.4 Å². The normalized spacial score (nSPS) is 30.2. The van der Waals surface area contributed by atoms with E-state index >= 15 is 0 Å². The number of nitrogens with zero attached hydrogens (tertiary/aromatic N) is 3. The Bertz CT molecular complexity index is 2670. The number of halogens is 3. The Hall–Kier alpha value is -4.74. The zero-order valence-electron chi connectivity index (χ0n) is 35.0. The van der Waals surface area contributed by atoms with Crippen molar-refractivity contribution in [1.29, 1.82) is 0 Å². The maximum Gasteiger partial charge on any atom is 0.421 e. The van der Waals surface area contributed by atoms with Gasteiger partial charge in [0.05, 0.1) is 5.56 Å². The number of aromatic nitrogens is 2. The van der Waals surface area contributed by atoms with Gasteiger partial charge in [-0.2, -0.15) is 0 Å². The van der Waals surface area contributed by atoms with Crippen molar-refractivity contribution < 1.29 is 108 Å². The van der Waals surface area contributed by atoms with Gasteiger partial charge in [-0.15, -0.1) is 0 Å². The van der Waals surface area contributed by atoms with Crippen LogP contribution in [0.5, 0.6) is 11.5 Å². The fourth-order valence-corrected chi connectivity index (χ4v) is 13.6. The van der Waals surface area contributed by atoms with E-state index in [0.717, 1.165) is 23.2 Å². The van der Waals surface area contributed by atoms with Crippen LogP contribution in [0.25, 0.3) is 0 Å². The number of benzene rings is 2. The SMILES string of the molecule is CCCC(=O)OCOc1ccc(C2OP(=O)(O)C(O)(Cc3cccnc3)P(=O)(O)O2)c(F)c1.O=C1CCCN1C(=O)Oc1cc(F)c(C2OP(=O)(O)C(O)(Cc3cccnc3)P(=O)(O)O2)c(F)c1. The Morgan fingerprint density at radius 2 is 1.26 bits per heavy atom. The third-order valence-corrected chi connectivity index (χ3v) is 19.2. The number of esters is 1. The van der Waals surface area contributed by atoms with Crippen molar-refractivity contribution in [3.05, 3.63) is 119 Å². The van der Waals surface area contributed by atoms with Gasteiger partial charge in [0.2, 0.25) is 25.3 Å². The number of carbonyl (C=O) groups is 3. The number of aliphatic hydroxyl groups is 2. The van der Waals surface area contributed by atoms with Crippen LogP contribution >= 0.6 is 30.4 Å². The van der Waals surface area contributed by atoms with Crippen LogP contribution < -0.4 is 9.47 Å². The summed E-state index contributed by atoms with van der Waals surface area (Å²) in [6.07, 6.45) is -0.986. The van der Waals surface area contributed by atoms with Gasteiger partial charge in [-0.1, -0.05) is 19.1 Å². The highest BCUT2D eigenvalue weighted by molar-refractivity contribution is 7.73. The number of imide groups is 1. The Balaban J connectivity index is 0.000000224. The van der Waals surface area contributed by atoms with Crippen LogP contribution in [0.15, 0.2) is 79.4 Å². The van der Waals surface area contributed by atoms with Gasteiger partial charge in [0.15, 0.2) is 0 Å². The molecule has 2 aromatic heterocycles. The number of ether oxygens (including phenoxy) is 3. The van der Waals surface area contributed by atoms with Crippen LogP contribution in [-0.4, -0.2) is 86.1 Å². The van der Waals surface area contributed by atoms with Crippen LogP contribution in [0.1, 0.15) is 67.4 Å². The van der Waals surface area contributed by atoms with Crippen molar-refractivity contribution in [3.8, 4) is 11.5 Å². The topological polar surface area (TPSA) is 334 Å². The Morgan fingerprint density at radius 3 is 1.71 bits per heavy atom. The monoisotopic (exact) mass is 1040 g/mol. The van der Waals surface area contributed by atoms with E-state index in [9.17, 15) is 75.6 Å². The molecule has 0 bridgehead atoms. The number of hydrogen-bond acceptors (Lipinski definition) is 18. The first-order valence-electron chi connectivity index (χ1n) is 19.7. The number of rotatable bonds is 12. The lowest BCUT2D eigenvalue weighted by Crippen LogP contribution is -2.38. The molecule has 7 rings (SSSR count). The quantitative estimate of drug-likeness (QED) is 0.0539. The molecule has 0 radical (unpaired) electrons. The van der Waals surface area contributed by atoms with Gasteiger partial charge in [-0.3, -0.25) is 55.9 Å². The van der Waals surface area contributed by atoms with E-state index in [1.807, 2.05) is 0 Å². The third kappa shape index (κ3) is 11.1. The summed E-state index contributed by atoms with van der Waals surface area (Å²) in [4.78, 5) is 84.5. The Kier molecular flexibility index (Phi) is 16.0. The molecule has 3 saturated heterocycles. The van der Waals surface area contributed by atoms with E-state index in [4.69, 9.17) is 32.3 Å². The molecule has 3 aliphatic heterocycles. The number of likely N-dealkylation sites (tertiary alicyclic amines) is 1. The average molecular weight is 1040 g/mol.